The highest BCUT2D eigenvalue weighted by Crippen LogP contribution is 2.28. The molecule has 0 unspecified atom stereocenters. The summed E-state index contributed by atoms with van der Waals surface area (Å²) in [6.07, 6.45) is 1.90. The van der Waals surface area contributed by atoms with Crippen molar-refractivity contribution in [1.82, 2.24) is 0 Å². The first kappa shape index (κ1) is 11.9. The van der Waals surface area contributed by atoms with E-state index >= 15 is 0 Å². The van der Waals surface area contributed by atoms with Crippen LogP contribution in [0.3, 0.4) is 0 Å². The van der Waals surface area contributed by atoms with Gasteiger partial charge in [0.15, 0.2) is 0 Å². The van der Waals surface area contributed by atoms with Gasteiger partial charge in [-0.25, -0.2) is 4.39 Å². The second-order valence-corrected chi connectivity index (χ2v) is 3.80. The van der Waals surface area contributed by atoms with E-state index in [2.05, 4.69) is 0 Å². The van der Waals surface area contributed by atoms with E-state index in [1.807, 2.05) is 19.9 Å². The Morgan fingerprint density at radius 1 is 1.53 bits per heavy atom. The van der Waals surface area contributed by atoms with Crippen LogP contribution >= 0.6 is 11.6 Å². The van der Waals surface area contributed by atoms with E-state index < -0.39 is 5.82 Å². The largest absolute Gasteiger partial charge is 0.488 e. The predicted molar refractivity (Wildman–Crippen MR) is 60.7 cm³/mol. The van der Waals surface area contributed by atoms with Crippen LogP contribution in [0.4, 0.5) is 10.1 Å². The third kappa shape index (κ3) is 3.44. The lowest BCUT2D eigenvalue weighted by molar-refractivity contribution is 0.362. The minimum absolute atomic E-state index is 0.0339. The van der Waals surface area contributed by atoms with Gasteiger partial charge in [0, 0.05) is 6.07 Å². The molecule has 0 bridgehead atoms. The van der Waals surface area contributed by atoms with E-state index in [1.165, 1.54) is 6.07 Å². The standard InChI is InChI=1S/C11H13ClFNO/c1-7(2)3-4-15-11-6-10(14)9(13)5-8(11)12/h3,5-6H,4,14H2,1-2H3. The fourth-order valence-corrected chi connectivity index (χ4v) is 1.16. The number of ether oxygens (including phenoxy) is 1. The summed E-state index contributed by atoms with van der Waals surface area (Å²) in [4.78, 5) is 0. The number of benzene rings is 1. The number of halogens is 2. The Kier molecular flexibility index (Phi) is 3.97. The molecule has 0 radical (unpaired) electrons. The molecule has 0 saturated carbocycles. The van der Waals surface area contributed by atoms with Crippen LogP contribution < -0.4 is 10.5 Å². The summed E-state index contributed by atoms with van der Waals surface area (Å²) in [7, 11) is 0. The predicted octanol–water partition coefficient (Wildman–Crippen LogP) is 3.41. The molecule has 2 nitrogen and oxygen atoms in total. The second kappa shape index (κ2) is 5.03. The van der Waals surface area contributed by atoms with Crippen LogP contribution in [0, 0.1) is 5.82 Å². The fraction of sp³-hybridized carbons (Fsp3) is 0.273. The normalized spacial score (nSPS) is 9.87. The number of hydrogen-bond acceptors (Lipinski definition) is 2. The minimum Gasteiger partial charge on any atom is -0.488 e. The highest BCUT2D eigenvalue weighted by Gasteiger charge is 2.06. The van der Waals surface area contributed by atoms with Crippen molar-refractivity contribution in [1.29, 1.82) is 0 Å². The number of hydrogen-bond donors (Lipinski definition) is 1. The Morgan fingerprint density at radius 3 is 2.80 bits per heavy atom. The van der Waals surface area contributed by atoms with Gasteiger partial charge < -0.3 is 10.5 Å². The molecule has 0 spiro atoms. The van der Waals surface area contributed by atoms with Gasteiger partial charge in [-0.1, -0.05) is 17.2 Å². The molecule has 1 aromatic carbocycles. The van der Waals surface area contributed by atoms with Crippen LogP contribution in [-0.4, -0.2) is 6.61 Å². The Balaban J connectivity index is 2.77. The number of rotatable bonds is 3. The van der Waals surface area contributed by atoms with Crippen LogP contribution in [0.25, 0.3) is 0 Å². The van der Waals surface area contributed by atoms with Crippen LogP contribution in [0.1, 0.15) is 13.8 Å². The molecule has 0 heterocycles. The van der Waals surface area contributed by atoms with Gasteiger partial charge >= 0.3 is 0 Å². The molecule has 82 valence electrons. The zero-order valence-corrected chi connectivity index (χ0v) is 9.44. The lowest BCUT2D eigenvalue weighted by atomic mass is 10.3. The average Bonchev–Trinajstić information content (AvgIpc) is 2.13. The molecule has 2 N–H and O–H groups in total. The summed E-state index contributed by atoms with van der Waals surface area (Å²) in [5.41, 5.74) is 6.57. The maximum absolute atomic E-state index is 12.9. The zero-order chi connectivity index (χ0) is 11.4. The molecule has 0 aliphatic carbocycles. The fourth-order valence-electron chi connectivity index (χ4n) is 0.954. The van der Waals surface area contributed by atoms with Crippen molar-refractivity contribution >= 4 is 17.3 Å². The van der Waals surface area contributed by atoms with Gasteiger partial charge in [-0.15, -0.1) is 0 Å². The minimum atomic E-state index is -0.533. The highest BCUT2D eigenvalue weighted by atomic mass is 35.5. The van der Waals surface area contributed by atoms with E-state index in [1.54, 1.807) is 0 Å². The second-order valence-electron chi connectivity index (χ2n) is 3.40. The molecule has 15 heavy (non-hydrogen) atoms. The Hall–Kier alpha value is -1.22. The summed E-state index contributed by atoms with van der Waals surface area (Å²) < 4.78 is 18.3. The zero-order valence-electron chi connectivity index (χ0n) is 8.68. The first-order valence-electron chi connectivity index (χ1n) is 4.51. The van der Waals surface area contributed by atoms with Crippen molar-refractivity contribution in [3.05, 3.63) is 34.6 Å². The summed E-state index contributed by atoms with van der Waals surface area (Å²) >= 11 is 5.78. The molecular weight excluding hydrogens is 217 g/mol. The van der Waals surface area contributed by atoms with Crippen molar-refractivity contribution in [2.24, 2.45) is 0 Å². The maximum atomic E-state index is 12.9. The monoisotopic (exact) mass is 229 g/mol. The van der Waals surface area contributed by atoms with E-state index in [0.717, 1.165) is 11.6 Å². The lowest BCUT2D eigenvalue weighted by Crippen LogP contribution is -1.98. The average molecular weight is 230 g/mol. The van der Waals surface area contributed by atoms with Crippen molar-refractivity contribution < 1.29 is 9.13 Å². The van der Waals surface area contributed by atoms with Crippen LogP contribution in [-0.2, 0) is 0 Å². The summed E-state index contributed by atoms with van der Waals surface area (Å²) in [5.74, 6) is -0.136. The molecule has 0 atom stereocenters. The van der Waals surface area contributed by atoms with Gasteiger partial charge in [0.05, 0.1) is 10.7 Å². The van der Waals surface area contributed by atoms with Crippen LogP contribution in [0.5, 0.6) is 5.75 Å². The first-order valence-corrected chi connectivity index (χ1v) is 4.89. The molecule has 0 aliphatic heterocycles. The molecule has 0 saturated heterocycles. The highest BCUT2D eigenvalue weighted by molar-refractivity contribution is 6.32. The lowest BCUT2D eigenvalue weighted by Gasteiger charge is -2.07. The summed E-state index contributed by atoms with van der Waals surface area (Å²) in [5, 5.41) is 0.226. The van der Waals surface area contributed by atoms with Gasteiger partial charge in [0.25, 0.3) is 0 Å². The molecule has 0 amide bonds. The van der Waals surface area contributed by atoms with Crippen molar-refractivity contribution in [3.63, 3.8) is 0 Å². The Morgan fingerprint density at radius 2 is 2.20 bits per heavy atom. The molecule has 4 heteroatoms. The SMILES string of the molecule is CC(C)=CCOc1cc(N)c(F)cc1Cl. The first-order chi connectivity index (χ1) is 7.00. The maximum Gasteiger partial charge on any atom is 0.147 e. The molecule has 1 aromatic rings. The van der Waals surface area contributed by atoms with Gasteiger partial charge in [-0.05, 0) is 26.0 Å². The van der Waals surface area contributed by atoms with E-state index in [0.29, 0.717) is 12.4 Å². The van der Waals surface area contributed by atoms with Crippen molar-refractivity contribution in [2.75, 3.05) is 12.3 Å². The smallest absolute Gasteiger partial charge is 0.147 e. The van der Waals surface area contributed by atoms with Crippen LogP contribution in [0.2, 0.25) is 5.02 Å². The van der Waals surface area contributed by atoms with E-state index in [9.17, 15) is 4.39 Å². The quantitative estimate of drug-likeness (QED) is 0.637. The number of allylic oxidation sites excluding steroid dienone is 1. The van der Waals surface area contributed by atoms with Crippen LogP contribution in [0.15, 0.2) is 23.8 Å². The number of anilines is 1. The van der Waals surface area contributed by atoms with Crippen molar-refractivity contribution in [3.8, 4) is 5.75 Å². The number of nitrogens with two attached hydrogens (primary N) is 1. The van der Waals surface area contributed by atoms with Gasteiger partial charge in [0.1, 0.15) is 18.2 Å². The van der Waals surface area contributed by atoms with Gasteiger partial charge in [-0.2, -0.15) is 0 Å². The van der Waals surface area contributed by atoms with E-state index in [4.69, 9.17) is 22.1 Å². The molecular formula is C11H13ClFNO. The summed E-state index contributed by atoms with van der Waals surface area (Å²) in [6.45, 7) is 4.32. The molecule has 0 aliphatic rings. The van der Waals surface area contributed by atoms with E-state index in [-0.39, 0.29) is 10.7 Å². The summed E-state index contributed by atoms with van der Waals surface area (Å²) in [6, 6.07) is 2.53. The third-order valence-electron chi connectivity index (χ3n) is 1.78. The topological polar surface area (TPSA) is 35.2 Å². The molecule has 0 fully saturated rings. The van der Waals surface area contributed by atoms with Crippen molar-refractivity contribution in [2.45, 2.75) is 13.8 Å². The Labute approximate surface area is 93.5 Å². The van der Waals surface area contributed by atoms with Gasteiger partial charge in [0.2, 0.25) is 0 Å². The van der Waals surface area contributed by atoms with Gasteiger partial charge in [-0.3, -0.25) is 0 Å². The molecule has 1 rings (SSSR count). The third-order valence-corrected chi connectivity index (χ3v) is 2.08. The molecule has 0 aromatic heterocycles. The Bertz CT molecular complexity index is 386. The number of nitrogen functional groups attached to an aromatic ring is 1.